The SMILES string of the molecule is Cc1ccc(C(=O)OCc2cc(-c3ccc(Br)cc3)no2)cn1.Cc1ccc(C(=O)OCc2cc(-c3ccc(Cl)cc3)no2)cn1.Cc1ccc(C(=O)OCc2cc(-c3ccc(Cl)cc3Cl)no2)cn1.Cc1ccc(C(=O)OCc2cc(-c3ccccc3Br)no2)cn1.Cc1ccc(C(=O)OCc2cc(-c3ccccc3Cl)no2)cn1.Cc1ccc(C(=O)OCc2cc(-c3ccccc3F)no2)cn1. The van der Waals surface area contributed by atoms with E-state index >= 15 is 0 Å². The minimum atomic E-state index is -0.513. The molecule has 6 aromatic carbocycles. The van der Waals surface area contributed by atoms with E-state index < -0.39 is 41.6 Å². The van der Waals surface area contributed by atoms with Crippen LogP contribution in [0, 0.1) is 47.4 Å². The summed E-state index contributed by atoms with van der Waals surface area (Å²) in [6, 6.07) is 71.9. The number of carbonyl (C=O) groups excluding carboxylic acids is 6. The van der Waals surface area contributed by atoms with Gasteiger partial charge >= 0.3 is 35.8 Å². The Hall–Kier alpha value is -15.7. The van der Waals surface area contributed by atoms with Crippen LogP contribution < -0.4 is 0 Å². The standard InChI is InChI=1S/2C17H13BrN2O3.C17H12Cl2N2O3.2C17H13ClN2O3.C17H13FN2O3/c1-11-2-3-13(9-19-11)17(21)22-10-15-8-16(20-23-15)12-4-6-14(18)7-5-12;1-11-6-7-12(9-19-11)17(21)22-10-13-8-16(20-23-13)14-4-2-3-5-15(14)18;1-10-2-3-11(8-20-10)17(22)23-9-13-7-16(21-24-13)14-5-4-12(18)6-15(14)19;1-11-2-3-13(9-19-11)17(21)22-10-15-8-16(20-23-15)12-4-6-14(18)7-5-12;2*1-11-6-7-12(9-19-11)17(21)22-10-13-8-16(20-23-13)14-4-2-3-5-15(14)18/h2*2-9H,10H2,1H3;2-8H,9H2,1H3;3*2-9H,10H2,1H3. The van der Waals surface area contributed by atoms with Crippen LogP contribution >= 0.6 is 78.3 Å². The first-order valence-electron chi connectivity index (χ1n) is 41.7. The van der Waals surface area contributed by atoms with Crippen molar-refractivity contribution in [1.82, 2.24) is 60.8 Å². The molecule has 0 fully saturated rings. The van der Waals surface area contributed by atoms with Gasteiger partial charge in [0.2, 0.25) is 0 Å². The second-order valence-corrected chi connectivity index (χ2v) is 33.2. The van der Waals surface area contributed by atoms with E-state index in [1.54, 1.807) is 164 Å². The van der Waals surface area contributed by atoms with Crippen molar-refractivity contribution in [2.75, 3.05) is 0 Å². The Kier molecular flexibility index (Phi) is 36.1. The fourth-order valence-electron chi connectivity index (χ4n) is 11.9. The molecule has 18 rings (SSSR count). The maximum atomic E-state index is 13.7. The average Bonchev–Trinajstić information content (AvgIpc) is 1.73. The fourth-order valence-corrected chi connectivity index (χ4v) is 13.5. The van der Waals surface area contributed by atoms with E-state index in [9.17, 15) is 33.2 Å². The quantitative estimate of drug-likeness (QED) is 0.0400. The van der Waals surface area contributed by atoms with Gasteiger partial charge in [-0.2, -0.15) is 0 Å². The molecule has 12 aromatic heterocycles. The van der Waals surface area contributed by atoms with Gasteiger partial charge in [-0.3, -0.25) is 29.9 Å². The van der Waals surface area contributed by atoms with Gasteiger partial charge in [-0.25, -0.2) is 33.2 Å². The maximum absolute atomic E-state index is 13.7. The Morgan fingerprint density at radius 1 is 0.273 bits per heavy atom. The molecule has 0 spiro atoms. The number of aromatic nitrogens is 12. The topological polar surface area (TPSA) is 391 Å². The lowest BCUT2D eigenvalue weighted by atomic mass is 10.1. The number of pyridine rings is 6. The summed E-state index contributed by atoms with van der Waals surface area (Å²) in [5, 5.41) is 25.8. The van der Waals surface area contributed by atoms with E-state index in [2.05, 4.69) is 92.7 Å². The molecular weight excluding hydrogens is 2000 g/mol. The van der Waals surface area contributed by atoms with Gasteiger partial charge in [0.05, 0.1) is 43.4 Å². The van der Waals surface area contributed by atoms with Crippen LogP contribution in [0.1, 0.15) is 131 Å². The van der Waals surface area contributed by atoms with Crippen LogP contribution in [-0.4, -0.2) is 96.7 Å². The lowest BCUT2D eigenvalue weighted by Gasteiger charge is -2.02. The Bertz CT molecular complexity index is 6720. The first-order chi connectivity index (χ1) is 67.1. The molecule has 0 N–H and O–H groups in total. The molecular formula is C102H77Br2Cl4FN12O18. The summed E-state index contributed by atoms with van der Waals surface area (Å²) >= 11 is 30.8. The number of ether oxygens (including phenoxy) is 6. The molecule has 0 unspecified atom stereocenters. The smallest absolute Gasteiger partial charge is 0.340 e. The van der Waals surface area contributed by atoms with Crippen molar-refractivity contribution in [3.63, 3.8) is 0 Å². The Morgan fingerprint density at radius 2 is 0.532 bits per heavy atom. The summed E-state index contributed by atoms with van der Waals surface area (Å²) < 4.78 is 77.7. The van der Waals surface area contributed by atoms with Gasteiger partial charge in [0.25, 0.3) is 0 Å². The van der Waals surface area contributed by atoms with Gasteiger partial charge in [-0.05, 0) is 181 Å². The van der Waals surface area contributed by atoms with Crippen LogP contribution in [0.15, 0.2) is 322 Å². The Morgan fingerprint density at radius 3 is 0.835 bits per heavy atom. The van der Waals surface area contributed by atoms with Gasteiger partial charge in [0, 0.05) is 160 Å². The lowest BCUT2D eigenvalue weighted by Crippen LogP contribution is -2.05. The van der Waals surface area contributed by atoms with Crippen LogP contribution in [0.25, 0.3) is 67.5 Å². The van der Waals surface area contributed by atoms with Gasteiger partial charge in [0.1, 0.15) is 40.0 Å². The fraction of sp³-hybridized carbons (Fsp3) is 0.118. The van der Waals surface area contributed by atoms with Crippen LogP contribution in [0.4, 0.5) is 4.39 Å². The second kappa shape index (κ2) is 49.7. The van der Waals surface area contributed by atoms with Crippen molar-refractivity contribution in [2.45, 2.75) is 81.2 Å². The van der Waals surface area contributed by atoms with Gasteiger partial charge in [-0.15, -0.1) is 0 Å². The van der Waals surface area contributed by atoms with Crippen molar-refractivity contribution in [1.29, 1.82) is 0 Å². The minimum absolute atomic E-state index is 0.00724. The van der Waals surface area contributed by atoms with Crippen molar-refractivity contribution in [3.05, 3.63) is 423 Å². The predicted octanol–water partition coefficient (Wildman–Crippen LogP) is 24.7. The van der Waals surface area contributed by atoms with Gasteiger partial charge < -0.3 is 55.6 Å². The summed E-state index contributed by atoms with van der Waals surface area (Å²) in [5.74, 6) is -0.606. The number of hydrogen-bond donors (Lipinski definition) is 0. The van der Waals surface area contributed by atoms with Gasteiger partial charge in [-0.1, -0.05) is 182 Å². The van der Waals surface area contributed by atoms with E-state index in [4.69, 9.17) is 102 Å². The average molecular weight is 2080 g/mol. The molecule has 0 atom stereocenters. The number of nitrogens with zero attached hydrogens (tertiary/aromatic N) is 12. The molecule has 18 aromatic rings. The van der Waals surface area contributed by atoms with Gasteiger partial charge in [0.15, 0.2) is 74.2 Å². The molecule has 12 heterocycles. The van der Waals surface area contributed by atoms with Crippen LogP contribution in [0.3, 0.4) is 0 Å². The lowest BCUT2D eigenvalue weighted by molar-refractivity contribution is 0.0429. The molecule has 0 aliphatic heterocycles. The van der Waals surface area contributed by atoms with Crippen LogP contribution in [-0.2, 0) is 68.1 Å². The third kappa shape index (κ3) is 30.2. The molecule has 0 amide bonds. The monoisotopic (exact) mass is 2070 g/mol. The number of carbonyl (C=O) groups is 6. The molecule has 37 heteroatoms. The minimum Gasteiger partial charge on any atom is -0.454 e. The maximum Gasteiger partial charge on any atom is 0.340 e. The third-order valence-corrected chi connectivity index (χ3v) is 21.6. The molecule has 0 saturated heterocycles. The molecule has 0 saturated carbocycles. The molecule has 139 heavy (non-hydrogen) atoms. The number of esters is 6. The van der Waals surface area contributed by atoms with E-state index in [-0.39, 0.29) is 39.6 Å². The zero-order valence-corrected chi connectivity index (χ0v) is 80.4. The highest BCUT2D eigenvalue weighted by atomic mass is 79.9. The zero-order chi connectivity index (χ0) is 98.3. The van der Waals surface area contributed by atoms with Crippen molar-refractivity contribution in [3.8, 4) is 67.5 Å². The highest BCUT2D eigenvalue weighted by molar-refractivity contribution is 9.10. The molecule has 0 aliphatic rings. The molecule has 0 aliphatic carbocycles. The van der Waals surface area contributed by atoms with Crippen molar-refractivity contribution >= 4 is 114 Å². The summed E-state index contributed by atoms with van der Waals surface area (Å²) in [6.07, 6.45) is 8.86. The summed E-state index contributed by atoms with van der Waals surface area (Å²) in [4.78, 5) is 95.8. The first kappa shape index (κ1) is 101. The first-order valence-corrected chi connectivity index (χ1v) is 44.8. The number of rotatable bonds is 24. The zero-order valence-electron chi connectivity index (χ0n) is 74.2. The summed E-state index contributed by atoms with van der Waals surface area (Å²) in [6.45, 7) is 11.0. The van der Waals surface area contributed by atoms with Crippen LogP contribution in [0.5, 0.6) is 0 Å². The van der Waals surface area contributed by atoms with Crippen LogP contribution in [0.2, 0.25) is 20.1 Å². The highest BCUT2D eigenvalue weighted by Crippen LogP contribution is 2.34. The molecule has 0 radical (unpaired) electrons. The Labute approximate surface area is 829 Å². The number of benzene rings is 6. The summed E-state index contributed by atoms with van der Waals surface area (Å²) in [5.41, 5.74) is 15.3. The van der Waals surface area contributed by atoms with E-state index in [1.165, 1.54) is 43.2 Å². The molecule has 30 nitrogen and oxygen atoms in total. The highest BCUT2D eigenvalue weighted by Gasteiger charge is 2.21. The largest absolute Gasteiger partial charge is 0.454 e. The number of hydrogen-bond acceptors (Lipinski definition) is 30. The van der Waals surface area contributed by atoms with Crippen molar-refractivity contribution < 1.29 is 88.7 Å². The third-order valence-electron chi connectivity index (χ3n) is 19.2. The molecule has 0 bridgehead atoms. The molecule has 702 valence electrons. The predicted molar refractivity (Wildman–Crippen MR) is 516 cm³/mol. The van der Waals surface area contributed by atoms with Crippen molar-refractivity contribution in [2.24, 2.45) is 0 Å². The Balaban J connectivity index is 0.000000141. The number of halogens is 7. The summed E-state index contributed by atoms with van der Waals surface area (Å²) in [7, 11) is 0. The van der Waals surface area contributed by atoms with E-state index in [0.29, 0.717) is 133 Å². The normalized spacial score (nSPS) is 10.5. The number of aryl methyl sites for hydroxylation is 6. The van der Waals surface area contributed by atoms with E-state index in [0.717, 1.165) is 65.4 Å². The second-order valence-electron chi connectivity index (χ2n) is 29.7. The van der Waals surface area contributed by atoms with E-state index in [1.807, 2.05) is 120 Å².